The van der Waals surface area contributed by atoms with E-state index >= 15 is 0 Å². The second kappa shape index (κ2) is 9.16. The predicted octanol–water partition coefficient (Wildman–Crippen LogP) is 4.09. The van der Waals surface area contributed by atoms with Crippen LogP contribution >= 0.6 is 27.5 Å². The van der Waals surface area contributed by atoms with Gasteiger partial charge in [-0.15, -0.1) is 0 Å². The maximum Gasteiger partial charge on any atom is 0.260 e. The van der Waals surface area contributed by atoms with E-state index in [1.165, 1.54) is 0 Å². The average molecular weight is 438 g/mol. The van der Waals surface area contributed by atoms with Crippen molar-refractivity contribution in [2.24, 2.45) is 4.99 Å². The highest BCUT2D eigenvalue weighted by Gasteiger charge is 2.16. The molecule has 5 nitrogen and oxygen atoms in total. The number of hydrogen-bond donors (Lipinski definition) is 0. The number of carbonyl (C=O) groups is 1. The normalized spacial score (nSPS) is 14.6. The van der Waals surface area contributed by atoms with E-state index in [4.69, 9.17) is 21.1 Å². The van der Waals surface area contributed by atoms with Crippen LogP contribution in [0.2, 0.25) is 5.02 Å². The smallest absolute Gasteiger partial charge is 0.260 e. The molecule has 136 valence electrons. The minimum absolute atomic E-state index is 0.0222. The van der Waals surface area contributed by atoms with Crippen molar-refractivity contribution in [2.45, 2.75) is 0 Å². The summed E-state index contributed by atoms with van der Waals surface area (Å²) in [4.78, 5) is 18.2. The summed E-state index contributed by atoms with van der Waals surface area (Å²) in [5.74, 6) is 0.626. The van der Waals surface area contributed by atoms with Gasteiger partial charge in [0, 0.05) is 23.8 Å². The number of amides is 1. The number of carbonyl (C=O) groups excluding carboxylic acids is 1. The predicted molar refractivity (Wildman–Crippen MR) is 106 cm³/mol. The lowest BCUT2D eigenvalue weighted by molar-refractivity contribution is -0.137. The topological polar surface area (TPSA) is 51.1 Å². The van der Waals surface area contributed by atoms with Crippen LogP contribution in [0.1, 0.15) is 5.56 Å². The fourth-order valence-corrected chi connectivity index (χ4v) is 2.84. The SMILES string of the molecule is O=C(COc1ccc(C=Nc2ccc(Br)c(Cl)c2)cc1)N1CCOCC1. The Morgan fingerprint density at radius 3 is 2.65 bits per heavy atom. The molecule has 0 aliphatic carbocycles. The third-order valence-electron chi connectivity index (χ3n) is 3.87. The molecule has 0 unspecified atom stereocenters. The Labute approximate surface area is 165 Å². The van der Waals surface area contributed by atoms with E-state index in [0.717, 1.165) is 15.7 Å². The first-order valence-corrected chi connectivity index (χ1v) is 9.36. The van der Waals surface area contributed by atoms with Crippen molar-refractivity contribution in [1.82, 2.24) is 4.90 Å². The molecule has 2 aromatic rings. The Kier molecular flexibility index (Phi) is 6.66. The van der Waals surface area contributed by atoms with Gasteiger partial charge in [0.2, 0.25) is 0 Å². The van der Waals surface area contributed by atoms with Gasteiger partial charge in [-0.05, 0) is 64.0 Å². The van der Waals surface area contributed by atoms with Crippen molar-refractivity contribution < 1.29 is 14.3 Å². The van der Waals surface area contributed by atoms with Crippen LogP contribution in [0.4, 0.5) is 5.69 Å². The Bertz CT molecular complexity index is 790. The summed E-state index contributed by atoms with van der Waals surface area (Å²) in [7, 11) is 0. The molecule has 0 radical (unpaired) electrons. The zero-order valence-electron chi connectivity index (χ0n) is 14.0. The molecule has 7 heteroatoms. The van der Waals surface area contributed by atoms with E-state index in [9.17, 15) is 4.79 Å². The Morgan fingerprint density at radius 2 is 1.96 bits per heavy atom. The standard InChI is InChI=1S/C19H18BrClN2O3/c20-17-6-3-15(11-18(17)21)22-12-14-1-4-16(5-2-14)26-13-19(24)23-7-9-25-10-8-23/h1-6,11-12H,7-10,13H2. The fourth-order valence-electron chi connectivity index (χ4n) is 2.41. The molecule has 1 heterocycles. The first-order chi connectivity index (χ1) is 12.6. The molecule has 0 aromatic heterocycles. The molecule has 0 saturated carbocycles. The summed E-state index contributed by atoms with van der Waals surface area (Å²) in [6.07, 6.45) is 1.75. The van der Waals surface area contributed by atoms with Gasteiger partial charge in [-0.3, -0.25) is 9.79 Å². The summed E-state index contributed by atoms with van der Waals surface area (Å²) in [5, 5.41) is 0.619. The molecule has 1 saturated heterocycles. The third-order valence-corrected chi connectivity index (χ3v) is 5.10. The van der Waals surface area contributed by atoms with Gasteiger partial charge in [-0.1, -0.05) is 11.6 Å². The molecule has 1 aliphatic rings. The first-order valence-electron chi connectivity index (χ1n) is 8.19. The number of nitrogens with zero attached hydrogens (tertiary/aromatic N) is 2. The van der Waals surface area contributed by atoms with Crippen molar-refractivity contribution >= 4 is 45.3 Å². The maximum atomic E-state index is 12.1. The van der Waals surface area contributed by atoms with Crippen LogP contribution in [-0.2, 0) is 9.53 Å². The molecule has 3 rings (SSSR count). The lowest BCUT2D eigenvalue weighted by Crippen LogP contribution is -2.42. The molecule has 26 heavy (non-hydrogen) atoms. The van der Waals surface area contributed by atoms with E-state index in [0.29, 0.717) is 37.1 Å². The van der Waals surface area contributed by atoms with Gasteiger partial charge in [0.25, 0.3) is 5.91 Å². The summed E-state index contributed by atoms with van der Waals surface area (Å²) in [6.45, 7) is 2.45. The minimum Gasteiger partial charge on any atom is -0.484 e. The Morgan fingerprint density at radius 1 is 1.23 bits per heavy atom. The molecule has 0 atom stereocenters. The van der Waals surface area contributed by atoms with Crippen LogP contribution in [0.25, 0.3) is 0 Å². The second-order valence-electron chi connectivity index (χ2n) is 5.71. The number of morpholine rings is 1. The number of hydrogen-bond acceptors (Lipinski definition) is 4. The number of benzene rings is 2. The van der Waals surface area contributed by atoms with Crippen molar-refractivity contribution in [3.63, 3.8) is 0 Å². The quantitative estimate of drug-likeness (QED) is 0.662. The van der Waals surface area contributed by atoms with Crippen molar-refractivity contribution in [3.05, 3.63) is 57.5 Å². The average Bonchev–Trinajstić information content (AvgIpc) is 2.68. The molecular weight excluding hydrogens is 420 g/mol. The molecule has 1 amide bonds. The van der Waals surface area contributed by atoms with E-state index < -0.39 is 0 Å². The molecule has 1 fully saturated rings. The van der Waals surface area contributed by atoms with Gasteiger partial charge in [-0.25, -0.2) is 0 Å². The highest BCUT2D eigenvalue weighted by molar-refractivity contribution is 9.10. The van der Waals surface area contributed by atoms with E-state index in [1.807, 2.05) is 36.4 Å². The summed E-state index contributed by atoms with van der Waals surface area (Å²) < 4.78 is 11.6. The van der Waals surface area contributed by atoms with Crippen molar-refractivity contribution in [3.8, 4) is 5.75 Å². The molecule has 0 spiro atoms. The van der Waals surface area contributed by atoms with Crippen LogP contribution in [0, 0.1) is 0 Å². The highest BCUT2D eigenvalue weighted by Crippen LogP contribution is 2.27. The van der Waals surface area contributed by atoms with Gasteiger partial charge in [0.1, 0.15) is 5.75 Å². The molecule has 2 aromatic carbocycles. The Balaban J connectivity index is 1.53. The zero-order valence-corrected chi connectivity index (χ0v) is 16.4. The van der Waals surface area contributed by atoms with Crippen LogP contribution in [0.15, 0.2) is 51.9 Å². The summed E-state index contributed by atoms with van der Waals surface area (Å²) >= 11 is 9.41. The van der Waals surface area contributed by atoms with Crippen LogP contribution in [-0.4, -0.2) is 49.9 Å². The monoisotopic (exact) mass is 436 g/mol. The van der Waals surface area contributed by atoms with E-state index in [2.05, 4.69) is 20.9 Å². The summed E-state index contributed by atoms with van der Waals surface area (Å²) in [6, 6.07) is 12.9. The van der Waals surface area contributed by atoms with Crippen molar-refractivity contribution in [1.29, 1.82) is 0 Å². The van der Waals surface area contributed by atoms with Crippen LogP contribution in [0.5, 0.6) is 5.75 Å². The first kappa shape index (κ1) is 18.9. The van der Waals surface area contributed by atoms with Crippen molar-refractivity contribution in [2.75, 3.05) is 32.9 Å². The molecule has 0 N–H and O–H groups in total. The van der Waals surface area contributed by atoms with Gasteiger partial charge >= 0.3 is 0 Å². The Hall–Kier alpha value is -1.89. The number of ether oxygens (including phenoxy) is 2. The van der Waals surface area contributed by atoms with Gasteiger partial charge in [-0.2, -0.15) is 0 Å². The fraction of sp³-hybridized carbons (Fsp3) is 0.263. The highest BCUT2D eigenvalue weighted by atomic mass is 79.9. The van der Waals surface area contributed by atoms with Crippen LogP contribution in [0.3, 0.4) is 0 Å². The maximum absolute atomic E-state index is 12.1. The molecule has 0 bridgehead atoms. The van der Waals surface area contributed by atoms with Gasteiger partial charge in [0.15, 0.2) is 6.61 Å². The number of aliphatic imine (C=N–C) groups is 1. The second-order valence-corrected chi connectivity index (χ2v) is 6.97. The molecular formula is C19H18BrClN2O3. The lowest BCUT2D eigenvalue weighted by Gasteiger charge is -2.26. The van der Waals surface area contributed by atoms with E-state index in [1.54, 1.807) is 17.2 Å². The van der Waals surface area contributed by atoms with Gasteiger partial charge < -0.3 is 14.4 Å². The molecule has 1 aliphatic heterocycles. The van der Waals surface area contributed by atoms with E-state index in [-0.39, 0.29) is 12.5 Å². The van der Waals surface area contributed by atoms with Gasteiger partial charge in [0.05, 0.1) is 23.9 Å². The number of rotatable bonds is 5. The zero-order chi connectivity index (χ0) is 18.4. The summed E-state index contributed by atoms with van der Waals surface area (Å²) in [5.41, 5.74) is 1.70. The lowest BCUT2D eigenvalue weighted by atomic mass is 10.2. The van der Waals surface area contributed by atoms with Crippen LogP contribution < -0.4 is 4.74 Å². The third kappa shape index (κ3) is 5.30. The number of halogens is 2. The minimum atomic E-state index is -0.0222. The largest absolute Gasteiger partial charge is 0.484 e.